The monoisotopic (exact) mass is 334 g/mol. The molecule has 1 aliphatic carbocycles. The summed E-state index contributed by atoms with van der Waals surface area (Å²) in [6, 6.07) is 22.0. The van der Waals surface area contributed by atoms with Gasteiger partial charge >= 0.3 is 0 Å². The van der Waals surface area contributed by atoms with Crippen molar-refractivity contribution in [2.45, 2.75) is 12.8 Å². The Balaban J connectivity index is 1.88. The van der Waals surface area contributed by atoms with Crippen LogP contribution in [0.15, 0.2) is 70.7 Å². The lowest BCUT2D eigenvalue weighted by Crippen LogP contribution is -1.99. The highest BCUT2D eigenvalue weighted by Crippen LogP contribution is 2.42. The van der Waals surface area contributed by atoms with Crippen molar-refractivity contribution in [3.8, 4) is 0 Å². The number of hydrogen-bond donors (Lipinski definition) is 0. The molecule has 1 unspecified atom stereocenters. The molecule has 1 aliphatic rings. The molecular weight excluding hydrogens is 320 g/mol. The summed E-state index contributed by atoms with van der Waals surface area (Å²) in [4.78, 5) is 0. The van der Waals surface area contributed by atoms with E-state index >= 15 is 0 Å². The highest BCUT2D eigenvalue weighted by molar-refractivity contribution is 9.10. The van der Waals surface area contributed by atoms with Crippen LogP contribution in [0.5, 0.6) is 0 Å². The van der Waals surface area contributed by atoms with Gasteiger partial charge in [0, 0.05) is 10.4 Å². The summed E-state index contributed by atoms with van der Waals surface area (Å²) in [7, 11) is 0. The number of allylic oxidation sites excluding steroid dienone is 1. The Morgan fingerprint density at radius 3 is 2.52 bits per heavy atom. The predicted octanol–water partition coefficient (Wildman–Crippen LogP) is 6.15. The van der Waals surface area contributed by atoms with E-state index in [0.29, 0.717) is 5.92 Å². The van der Waals surface area contributed by atoms with Crippen molar-refractivity contribution in [2.24, 2.45) is 0 Å². The Morgan fingerprint density at radius 1 is 0.857 bits per heavy atom. The van der Waals surface area contributed by atoms with Crippen LogP contribution in [0, 0.1) is 0 Å². The quantitative estimate of drug-likeness (QED) is 0.500. The van der Waals surface area contributed by atoms with E-state index in [4.69, 9.17) is 0 Å². The maximum absolute atomic E-state index is 3.56. The van der Waals surface area contributed by atoms with Gasteiger partial charge in [-0.15, -0.1) is 0 Å². The minimum atomic E-state index is 0.387. The Labute approximate surface area is 133 Å². The minimum absolute atomic E-state index is 0.387. The van der Waals surface area contributed by atoms with Crippen molar-refractivity contribution in [1.29, 1.82) is 0 Å². The molecule has 0 N–H and O–H groups in total. The van der Waals surface area contributed by atoms with Gasteiger partial charge in [-0.3, -0.25) is 0 Å². The SMILES string of the molecule is CC1=Cc2cc(Br)ccc2C1c1ccc2ccccc2c1. The van der Waals surface area contributed by atoms with Crippen LogP contribution in [0.2, 0.25) is 0 Å². The fourth-order valence-electron chi connectivity index (χ4n) is 3.34. The highest BCUT2D eigenvalue weighted by atomic mass is 79.9. The summed E-state index contributed by atoms with van der Waals surface area (Å²) in [5.41, 5.74) is 5.54. The first-order valence-corrected chi connectivity index (χ1v) is 7.98. The van der Waals surface area contributed by atoms with E-state index < -0.39 is 0 Å². The second-order valence-corrected chi connectivity index (χ2v) is 6.62. The molecule has 3 aromatic rings. The van der Waals surface area contributed by atoms with Crippen LogP contribution >= 0.6 is 15.9 Å². The zero-order valence-electron chi connectivity index (χ0n) is 11.8. The van der Waals surface area contributed by atoms with Crippen LogP contribution in [-0.4, -0.2) is 0 Å². The Kier molecular flexibility index (Phi) is 2.97. The first-order chi connectivity index (χ1) is 10.2. The van der Waals surface area contributed by atoms with Gasteiger partial charge in [0.2, 0.25) is 0 Å². The predicted molar refractivity (Wildman–Crippen MR) is 93.6 cm³/mol. The van der Waals surface area contributed by atoms with Crippen LogP contribution in [0.4, 0.5) is 0 Å². The summed E-state index contributed by atoms with van der Waals surface area (Å²) in [6.45, 7) is 2.23. The van der Waals surface area contributed by atoms with Crippen LogP contribution in [-0.2, 0) is 0 Å². The molecule has 4 rings (SSSR count). The molecule has 0 aliphatic heterocycles. The third-order valence-electron chi connectivity index (χ3n) is 4.31. The van der Waals surface area contributed by atoms with Crippen LogP contribution in [0.3, 0.4) is 0 Å². The molecule has 0 aromatic heterocycles. The molecular formula is C20H15Br. The summed E-state index contributed by atoms with van der Waals surface area (Å²) in [6.07, 6.45) is 2.31. The minimum Gasteiger partial charge on any atom is -0.0616 e. The molecule has 1 heteroatoms. The van der Waals surface area contributed by atoms with Gasteiger partial charge in [0.1, 0.15) is 0 Å². The van der Waals surface area contributed by atoms with Gasteiger partial charge in [0.15, 0.2) is 0 Å². The summed E-state index contributed by atoms with van der Waals surface area (Å²) < 4.78 is 1.14. The first kappa shape index (κ1) is 12.8. The van der Waals surface area contributed by atoms with Crippen molar-refractivity contribution < 1.29 is 0 Å². The van der Waals surface area contributed by atoms with E-state index in [-0.39, 0.29) is 0 Å². The van der Waals surface area contributed by atoms with E-state index in [1.54, 1.807) is 0 Å². The van der Waals surface area contributed by atoms with Crippen molar-refractivity contribution >= 4 is 32.8 Å². The van der Waals surface area contributed by atoms with Crippen LogP contribution in [0.1, 0.15) is 29.5 Å². The van der Waals surface area contributed by atoms with Crippen LogP contribution in [0.25, 0.3) is 16.8 Å². The number of fused-ring (bicyclic) bond motifs is 2. The van der Waals surface area contributed by atoms with E-state index in [2.05, 4.69) is 89.6 Å². The third kappa shape index (κ3) is 2.13. The summed E-state index contributed by atoms with van der Waals surface area (Å²) in [5, 5.41) is 2.62. The third-order valence-corrected chi connectivity index (χ3v) is 4.80. The smallest absolute Gasteiger partial charge is 0.0305 e. The molecule has 0 bridgehead atoms. The fraction of sp³-hybridized carbons (Fsp3) is 0.100. The second-order valence-electron chi connectivity index (χ2n) is 5.70. The van der Waals surface area contributed by atoms with Gasteiger partial charge in [-0.25, -0.2) is 0 Å². The summed E-state index contributed by atoms with van der Waals surface area (Å²) in [5.74, 6) is 0.387. The summed E-state index contributed by atoms with van der Waals surface area (Å²) >= 11 is 3.56. The Hall–Kier alpha value is -1.86. The van der Waals surface area contributed by atoms with Crippen molar-refractivity contribution in [2.75, 3.05) is 0 Å². The molecule has 21 heavy (non-hydrogen) atoms. The van der Waals surface area contributed by atoms with Gasteiger partial charge < -0.3 is 0 Å². The standard InChI is InChI=1S/C20H15Br/c1-13-10-17-12-18(21)8-9-19(17)20(13)16-7-6-14-4-2-3-5-15(14)11-16/h2-12,20H,1H3. The highest BCUT2D eigenvalue weighted by Gasteiger charge is 2.24. The van der Waals surface area contributed by atoms with E-state index in [1.807, 2.05) is 0 Å². The number of benzene rings is 3. The topological polar surface area (TPSA) is 0 Å². The van der Waals surface area contributed by atoms with Crippen molar-refractivity contribution in [3.05, 3.63) is 87.4 Å². The average Bonchev–Trinajstić information content (AvgIpc) is 2.81. The molecule has 3 aromatic carbocycles. The molecule has 0 saturated carbocycles. The largest absolute Gasteiger partial charge is 0.0616 e. The first-order valence-electron chi connectivity index (χ1n) is 7.19. The molecule has 0 radical (unpaired) electrons. The second kappa shape index (κ2) is 4.85. The lowest BCUT2D eigenvalue weighted by molar-refractivity contribution is 0.979. The molecule has 0 saturated heterocycles. The van der Waals surface area contributed by atoms with Gasteiger partial charge in [0.25, 0.3) is 0 Å². The van der Waals surface area contributed by atoms with Crippen molar-refractivity contribution in [3.63, 3.8) is 0 Å². The van der Waals surface area contributed by atoms with Gasteiger partial charge in [0.05, 0.1) is 0 Å². The van der Waals surface area contributed by atoms with Crippen LogP contribution < -0.4 is 0 Å². The maximum atomic E-state index is 3.56. The molecule has 0 nitrogen and oxygen atoms in total. The number of rotatable bonds is 1. The average molecular weight is 335 g/mol. The number of hydrogen-bond acceptors (Lipinski definition) is 0. The molecule has 0 spiro atoms. The van der Waals surface area contributed by atoms with Gasteiger partial charge in [-0.2, -0.15) is 0 Å². The zero-order valence-corrected chi connectivity index (χ0v) is 13.4. The zero-order chi connectivity index (χ0) is 14.4. The molecule has 0 amide bonds. The Bertz CT molecular complexity index is 874. The van der Waals surface area contributed by atoms with Gasteiger partial charge in [-0.05, 0) is 46.5 Å². The number of halogens is 1. The van der Waals surface area contributed by atoms with Crippen molar-refractivity contribution in [1.82, 2.24) is 0 Å². The van der Waals surface area contributed by atoms with E-state index in [0.717, 1.165) is 4.47 Å². The van der Waals surface area contributed by atoms with E-state index in [9.17, 15) is 0 Å². The van der Waals surface area contributed by atoms with Gasteiger partial charge in [-0.1, -0.05) is 76.1 Å². The normalized spacial score (nSPS) is 16.9. The fourth-order valence-corrected chi connectivity index (χ4v) is 3.72. The Morgan fingerprint density at radius 2 is 1.67 bits per heavy atom. The molecule has 1 atom stereocenters. The lowest BCUT2D eigenvalue weighted by Gasteiger charge is -2.16. The molecule has 0 heterocycles. The lowest BCUT2D eigenvalue weighted by atomic mass is 9.88. The molecule has 0 fully saturated rings. The molecule has 102 valence electrons. The van der Waals surface area contributed by atoms with E-state index in [1.165, 1.54) is 33.0 Å². The maximum Gasteiger partial charge on any atom is 0.0305 e.